The third kappa shape index (κ3) is 2.84. The molecule has 1 aromatic carbocycles. The van der Waals surface area contributed by atoms with Gasteiger partial charge in [0.1, 0.15) is 6.10 Å². The number of morpholine rings is 1. The monoisotopic (exact) mass is 234 g/mol. The third-order valence-corrected chi connectivity index (χ3v) is 2.95. The van der Waals surface area contributed by atoms with E-state index in [9.17, 15) is 4.79 Å². The maximum Gasteiger partial charge on any atom is 0.254 e. The first kappa shape index (κ1) is 12.1. The average molecular weight is 234 g/mol. The molecule has 4 nitrogen and oxygen atoms in total. The van der Waals surface area contributed by atoms with Crippen LogP contribution in [0.25, 0.3) is 0 Å². The minimum Gasteiger partial charge on any atom is -0.366 e. The molecule has 1 aromatic rings. The van der Waals surface area contributed by atoms with Crippen LogP contribution >= 0.6 is 0 Å². The van der Waals surface area contributed by atoms with Crippen LogP contribution in [0.4, 0.5) is 5.69 Å². The van der Waals surface area contributed by atoms with Crippen LogP contribution in [0.3, 0.4) is 0 Å². The highest BCUT2D eigenvalue weighted by molar-refractivity contribution is 5.95. The molecule has 1 amide bonds. The number of hydrogen-bond donors (Lipinski definition) is 2. The van der Waals surface area contributed by atoms with Crippen molar-refractivity contribution in [2.45, 2.75) is 20.0 Å². The molecule has 2 rings (SSSR count). The largest absolute Gasteiger partial charge is 0.366 e. The van der Waals surface area contributed by atoms with Gasteiger partial charge in [0.25, 0.3) is 5.91 Å². The van der Waals surface area contributed by atoms with Gasteiger partial charge in [0.15, 0.2) is 0 Å². The summed E-state index contributed by atoms with van der Waals surface area (Å²) in [4.78, 5) is 12.0. The van der Waals surface area contributed by atoms with Gasteiger partial charge in [-0.05, 0) is 25.0 Å². The molecule has 0 saturated carbocycles. The summed E-state index contributed by atoms with van der Waals surface area (Å²) in [5.74, 6) is -0.0744. The molecule has 17 heavy (non-hydrogen) atoms. The number of carbonyl (C=O) groups is 1. The van der Waals surface area contributed by atoms with Gasteiger partial charge < -0.3 is 15.4 Å². The maximum absolute atomic E-state index is 12.0. The van der Waals surface area contributed by atoms with Crippen LogP contribution in [-0.4, -0.2) is 31.7 Å². The second-order valence-corrected chi connectivity index (χ2v) is 4.32. The van der Waals surface area contributed by atoms with Gasteiger partial charge in [0.2, 0.25) is 0 Å². The van der Waals surface area contributed by atoms with Crippen molar-refractivity contribution in [1.82, 2.24) is 5.32 Å². The van der Waals surface area contributed by atoms with Crippen molar-refractivity contribution in [3.8, 4) is 0 Å². The molecule has 4 heteroatoms. The van der Waals surface area contributed by atoms with Crippen LogP contribution in [0.1, 0.15) is 11.1 Å². The molecule has 2 N–H and O–H groups in total. The van der Waals surface area contributed by atoms with E-state index in [2.05, 4.69) is 10.6 Å². The zero-order valence-corrected chi connectivity index (χ0v) is 10.2. The fraction of sp³-hybridized carbons (Fsp3) is 0.462. The van der Waals surface area contributed by atoms with Crippen molar-refractivity contribution in [2.24, 2.45) is 0 Å². The number of anilines is 1. The molecule has 0 aliphatic carbocycles. The molecule has 92 valence electrons. The van der Waals surface area contributed by atoms with Crippen molar-refractivity contribution in [2.75, 3.05) is 25.0 Å². The summed E-state index contributed by atoms with van der Waals surface area (Å²) in [6, 6.07) is 5.96. The van der Waals surface area contributed by atoms with Gasteiger partial charge in [-0.1, -0.05) is 18.2 Å². The summed E-state index contributed by atoms with van der Waals surface area (Å²) in [6.45, 7) is 5.96. The fourth-order valence-electron chi connectivity index (χ4n) is 1.95. The Morgan fingerprint density at radius 3 is 2.71 bits per heavy atom. The Morgan fingerprint density at radius 2 is 2.12 bits per heavy atom. The van der Waals surface area contributed by atoms with Crippen LogP contribution in [0, 0.1) is 13.8 Å². The highest BCUT2D eigenvalue weighted by Gasteiger charge is 2.22. The lowest BCUT2D eigenvalue weighted by atomic mass is 10.1. The molecule has 0 radical (unpaired) electrons. The van der Waals surface area contributed by atoms with Crippen LogP contribution in [-0.2, 0) is 9.53 Å². The normalized spacial score (nSPS) is 20.0. The van der Waals surface area contributed by atoms with E-state index in [1.54, 1.807) is 0 Å². The van der Waals surface area contributed by atoms with E-state index in [0.717, 1.165) is 23.4 Å². The zero-order valence-electron chi connectivity index (χ0n) is 10.2. The molecule has 1 aliphatic heterocycles. The maximum atomic E-state index is 12.0. The first-order valence-corrected chi connectivity index (χ1v) is 5.88. The van der Waals surface area contributed by atoms with Gasteiger partial charge in [-0.25, -0.2) is 0 Å². The Labute approximate surface area is 101 Å². The Bertz CT molecular complexity index is 392. The standard InChI is InChI=1S/C13H18N2O2/c1-9-4-3-5-10(2)12(9)15-13(16)11-8-14-6-7-17-11/h3-5,11,14H,6-8H2,1-2H3,(H,15,16). The van der Waals surface area contributed by atoms with Crippen molar-refractivity contribution >= 4 is 11.6 Å². The van der Waals surface area contributed by atoms with E-state index in [-0.39, 0.29) is 12.0 Å². The highest BCUT2D eigenvalue weighted by Crippen LogP contribution is 2.19. The van der Waals surface area contributed by atoms with Gasteiger partial charge in [-0.2, -0.15) is 0 Å². The molecule has 1 heterocycles. The van der Waals surface area contributed by atoms with Crippen LogP contribution in [0.15, 0.2) is 18.2 Å². The summed E-state index contributed by atoms with van der Waals surface area (Å²) in [5.41, 5.74) is 3.04. The fourth-order valence-corrected chi connectivity index (χ4v) is 1.95. The predicted molar refractivity (Wildman–Crippen MR) is 67.2 cm³/mol. The molecular formula is C13H18N2O2. The average Bonchev–Trinajstić information content (AvgIpc) is 2.35. The quantitative estimate of drug-likeness (QED) is 0.809. The van der Waals surface area contributed by atoms with E-state index < -0.39 is 0 Å². The van der Waals surface area contributed by atoms with Crippen molar-refractivity contribution in [3.63, 3.8) is 0 Å². The number of hydrogen-bond acceptors (Lipinski definition) is 3. The topological polar surface area (TPSA) is 50.4 Å². The minimum absolute atomic E-state index is 0.0744. The van der Waals surface area contributed by atoms with Gasteiger partial charge in [0, 0.05) is 18.8 Å². The van der Waals surface area contributed by atoms with Crippen molar-refractivity contribution in [3.05, 3.63) is 29.3 Å². The molecule has 0 spiro atoms. The van der Waals surface area contributed by atoms with E-state index >= 15 is 0 Å². The number of nitrogens with one attached hydrogen (secondary N) is 2. The number of aryl methyl sites for hydroxylation is 2. The second kappa shape index (κ2) is 5.29. The number of para-hydroxylation sites is 1. The van der Waals surface area contributed by atoms with Crippen LogP contribution in [0.2, 0.25) is 0 Å². The molecule has 0 aromatic heterocycles. The molecule has 1 aliphatic rings. The lowest BCUT2D eigenvalue weighted by Gasteiger charge is -2.23. The first-order valence-electron chi connectivity index (χ1n) is 5.88. The molecule has 0 bridgehead atoms. The number of benzene rings is 1. The summed E-state index contributed by atoms with van der Waals surface area (Å²) in [5, 5.41) is 6.09. The Hall–Kier alpha value is -1.39. The summed E-state index contributed by atoms with van der Waals surface area (Å²) in [6.07, 6.45) is -0.386. The van der Waals surface area contributed by atoms with E-state index in [1.165, 1.54) is 0 Å². The first-order chi connectivity index (χ1) is 8.18. The summed E-state index contributed by atoms with van der Waals surface area (Å²) in [7, 11) is 0. The molecule has 1 saturated heterocycles. The van der Waals surface area contributed by atoms with Crippen LogP contribution < -0.4 is 10.6 Å². The van der Waals surface area contributed by atoms with Gasteiger partial charge >= 0.3 is 0 Å². The molecule has 1 unspecified atom stereocenters. The van der Waals surface area contributed by atoms with Crippen molar-refractivity contribution in [1.29, 1.82) is 0 Å². The lowest BCUT2D eigenvalue weighted by Crippen LogP contribution is -2.45. The smallest absolute Gasteiger partial charge is 0.254 e. The Balaban J connectivity index is 2.07. The number of ether oxygens (including phenoxy) is 1. The molecule has 1 atom stereocenters. The van der Waals surface area contributed by atoms with Gasteiger partial charge in [-0.3, -0.25) is 4.79 Å². The van der Waals surface area contributed by atoms with Gasteiger partial charge in [0.05, 0.1) is 6.61 Å². The number of rotatable bonds is 2. The third-order valence-electron chi connectivity index (χ3n) is 2.95. The summed E-state index contributed by atoms with van der Waals surface area (Å²) < 4.78 is 5.42. The van der Waals surface area contributed by atoms with Gasteiger partial charge in [-0.15, -0.1) is 0 Å². The minimum atomic E-state index is -0.386. The second-order valence-electron chi connectivity index (χ2n) is 4.32. The van der Waals surface area contributed by atoms with E-state index in [4.69, 9.17) is 4.74 Å². The number of carbonyl (C=O) groups excluding carboxylic acids is 1. The molecule has 1 fully saturated rings. The zero-order chi connectivity index (χ0) is 12.3. The number of amides is 1. The summed E-state index contributed by atoms with van der Waals surface area (Å²) >= 11 is 0. The Kier molecular flexibility index (Phi) is 3.76. The van der Waals surface area contributed by atoms with E-state index in [0.29, 0.717) is 13.2 Å². The highest BCUT2D eigenvalue weighted by atomic mass is 16.5. The van der Waals surface area contributed by atoms with Crippen molar-refractivity contribution < 1.29 is 9.53 Å². The predicted octanol–water partition coefficient (Wildman–Crippen LogP) is 1.23. The lowest BCUT2D eigenvalue weighted by molar-refractivity contribution is -0.128. The van der Waals surface area contributed by atoms with Crippen LogP contribution in [0.5, 0.6) is 0 Å². The SMILES string of the molecule is Cc1cccc(C)c1NC(=O)C1CNCCO1. The van der Waals surface area contributed by atoms with E-state index in [1.807, 2.05) is 32.0 Å². The Morgan fingerprint density at radius 1 is 1.41 bits per heavy atom. The molecular weight excluding hydrogens is 216 g/mol.